The Morgan fingerprint density at radius 3 is 1.72 bits per heavy atom. The van der Waals surface area contributed by atoms with Crippen molar-refractivity contribution in [3.63, 3.8) is 0 Å². The number of benzene rings is 9. The lowest BCUT2D eigenvalue weighted by Gasteiger charge is -2.21. The Labute approximate surface area is 369 Å². The molecule has 0 unspecified atom stereocenters. The highest BCUT2D eigenvalue weighted by Gasteiger charge is 2.26. The van der Waals surface area contributed by atoms with Crippen LogP contribution in [0.2, 0.25) is 0 Å². The Bertz CT molecular complexity index is 4120. The molecule has 0 aliphatic carbocycles. The van der Waals surface area contributed by atoms with Crippen molar-refractivity contribution in [2.24, 2.45) is 0 Å². The van der Waals surface area contributed by atoms with E-state index in [4.69, 9.17) is 18.8 Å². The summed E-state index contributed by atoms with van der Waals surface area (Å²) in [6.07, 6.45) is 0. The van der Waals surface area contributed by atoms with E-state index in [9.17, 15) is 0 Å². The van der Waals surface area contributed by atoms with E-state index in [1.807, 2.05) is 47.7 Å². The van der Waals surface area contributed by atoms with E-state index in [0.29, 0.717) is 11.4 Å². The Hall–Kier alpha value is -8.32. The van der Waals surface area contributed by atoms with Gasteiger partial charge in [0.1, 0.15) is 28.0 Å². The first-order valence-corrected chi connectivity index (χ1v) is 22.3. The Morgan fingerprint density at radius 1 is 0.391 bits per heavy atom. The first-order chi connectivity index (χ1) is 31.7. The molecule has 5 heterocycles. The molecule has 6 heteroatoms. The van der Waals surface area contributed by atoms with Crippen LogP contribution in [0.15, 0.2) is 209 Å². The summed E-state index contributed by atoms with van der Waals surface area (Å²) in [7, 11) is 0. The molecule has 0 saturated carbocycles. The van der Waals surface area contributed by atoms with Gasteiger partial charge in [-0.3, -0.25) is 0 Å². The molecule has 9 aromatic carbocycles. The van der Waals surface area contributed by atoms with Crippen LogP contribution < -0.4 is 0 Å². The van der Waals surface area contributed by atoms with Gasteiger partial charge in [-0.25, -0.2) is 9.97 Å². The van der Waals surface area contributed by atoms with E-state index in [2.05, 4.69) is 168 Å². The highest BCUT2D eigenvalue weighted by molar-refractivity contribution is 7.26. The zero-order chi connectivity index (χ0) is 41.9. The molecule has 0 bridgehead atoms. The maximum Gasteiger partial charge on any atom is 0.180 e. The van der Waals surface area contributed by atoms with Gasteiger partial charge in [0, 0.05) is 64.0 Å². The maximum absolute atomic E-state index is 7.19. The van der Waals surface area contributed by atoms with Crippen molar-refractivity contribution in [1.29, 1.82) is 0 Å². The lowest BCUT2D eigenvalue weighted by Crippen LogP contribution is -2.02. The lowest BCUT2D eigenvalue weighted by atomic mass is 9.91. The largest absolute Gasteiger partial charge is 0.455 e. The summed E-state index contributed by atoms with van der Waals surface area (Å²) in [5, 5.41) is 7.81. The normalized spacial score (nSPS) is 12.1. The van der Waals surface area contributed by atoms with Crippen LogP contribution in [0.5, 0.6) is 0 Å². The minimum absolute atomic E-state index is 0.645. The van der Waals surface area contributed by atoms with E-state index >= 15 is 0 Å². The smallest absolute Gasteiger partial charge is 0.180 e. The molecule has 0 aliphatic heterocycles. The minimum atomic E-state index is 0.645. The van der Waals surface area contributed by atoms with E-state index in [1.54, 1.807) is 0 Å². The number of aromatic nitrogens is 3. The number of hydrogen-bond donors (Lipinski definition) is 0. The number of furan rings is 2. The van der Waals surface area contributed by atoms with Gasteiger partial charge in [-0.05, 0) is 71.8 Å². The number of thiophene rings is 1. The van der Waals surface area contributed by atoms with E-state index in [1.165, 1.54) is 20.2 Å². The Balaban J connectivity index is 1.12. The summed E-state index contributed by atoms with van der Waals surface area (Å²) in [4.78, 5) is 10.5. The van der Waals surface area contributed by atoms with Crippen molar-refractivity contribution in [2.75, 3.05) is 0 Å². The van der Waals surface area contributed by atoms with Crippen LogP contribution in [0, 0.1) is 0 Å². The van der Waals surface area contributed by atoms with Gasteiger partial charge in [0.05, 0.1) is 22.1 Å². The van der Waals surface area contributed by atoms with Crippen LogP contribution in [0.1, 0.15) is 0 Å². The highest BCUT2D eigenvalue weighted by Crippen LogP contribution is 2.49. The van der Waals surface area contributed by atoms with Gasteiger partial charge < -0.3 is 13.4 Å². The summed E-state index contributed by atoms with van der Waals surface area (Å²) in [6, 6.07) is 70.7. The van der Waals surface area contributed by atoms with Crippen molar-refractivity contribution in [1.82, 2.24) is 14.5 Å². The van der Waals surface area contributed by atoms with Crippen LogP contribution in [-0.4, -0.2) is 14.5 Å². The van der Waals surface area contributed by atoms with Gasteiger partial charge in [0.15, 0.2) is 11.4 Å². The van der Waals surface area contributed by atoms with Crippen molar-refractivity contribution >= 4 is 97.3 Å². The highest BCUT2D eigenvalue weighted by atomic mass is 32.1. The molecule has 298 valence electrons. The van der Waals surface area contributed by atoms with Gasteiger partial charge in [-0.15, -0.1) is 11.3 Å². The zero-order valence-corrected chi connectivity index (χ0v) is 34.9. The third-order valence-corrected chi connectivity index (χ3v) is 13.9. The minimum Gasteiger partial charge on any atom is -0.455 e. The zero-order valence-electron chi connectivity index (χ0n) is 34.1. The van der Waals surface area contributed by atoms with Gasteiger partial charge in [-0.1, -0.05) is 140 Å². The molecule has 0 fully saturated rings. The van der Waals surface area contributed by atoms with Crippen LogP contribution >= 0.6 is 11.3 Å². The second kappa shape index (κ2) is 13.6. The van der Waals surface area contributed by atoms with Crippen LogP contribution in [-0.2, 0) is 0 Å². The summed E-state index contributed by atoms with van der Waals surface area (Å²) < 4.78 is 18.8. The topological polar surface area (TPSA) is 57.0 Å². The molecule has 0 aliphatic rings. The lowest BCUT2D eigenvalue weighted by molar-refractivity contribution is 0.667. The van der Waals surface area contributed by atoms with Crippen LogP contribution in [0.3, 0.4) is 0 Å². The molecule has 14 rings (SSSR count). The van der Waals surface area contributed by atoms with Crippen LogP contribution in [0.4, 0.5) is 0 Å². The second-order valence-corrected chi connectivity index (χ2v) is 17.5. The molecule has 0 N–H and O–H groups in total. The fourth-order valence-corrected chi connectivity index (χ4v) is 11.1. The van der Waals surface area contributed by atoms with Crippen molar-refractivity contribution in [3.05, 3.63) is 200 Å². The fraction of sp³-hybridized carbons (Fsp3) is 0. The molecule has 64 heavy (non-hydrogen) atoms. The average Bonchev–Trinajstić information content (AvgIpc) is 4.13. The molecule has 0 radical (unpaired) electrons. The monoisotopic (exact) mass is 835 g/mol. The summed E-state index contributed by atoms with van der Waals surface area (Å²) in [5.41, 5.74) is 14.1. The van der Waals surface area contributed by atoms with Gasteiger partial charge >= 0.3 is 0 Å². The number of rotatable bonds is 5. The quantitative estimate of drug-likeness (QED) is 0.173. The van der Waals surface area contributed by atoms with Crippen LogP contribution in [0.25, 0.3) is 137 Å². The van der Waals surface area contributed by atoms with E-state index < -0.39 is 0 Å². The Morgan fingerprint density at radius 2 is 0.984 bits per heavy atom. The SMILES string of the molecule is c1ccc(-c2nc(-c3cc(-c4ccccc4)c(-n4c5ccccc5c5c6oc7c(ccc8sc9ccccc9c87)c6ccc54)c(-c4ccccc4)c3)c3oc4ccccc4c3n2)cc1. The predicted molar refractivity (Wildman–Crippen MR) is 266 cm³/mol. The summed E-state index contributed by atoms with van der Waals surface area (Å²) in [6.45, 7) is 0. The number of hydrogen-bond acceptors (Lipinski definition) is 5. The fourth-order valence-electron chi connectivity index (χ4n) is 9.98. The molecular formula is C58H33N3O2S. The molecule has 5 aromatic heterocycles. The molecule has 5 nitrogen and oxygen atoms in total. The summed E-state index contributed by atoms with van der Waals surface area (Å²) >= 11 is 1.82. The summed E-state index contributed by atoms with van der Waals surface area (Å²) in [5.74, 6) is 0.645. The molecule has 0 spiro atoms. The second-order valence-electron chi connectivity index (χ2n) is 16.4. The van der Waals surface area contributed by atoms with Crippen molar-refractivity contribution < 1.29 is 8.83 Å². The van der Waals surface area contributed by atoms with Gasteiger partial charge in [-0.2, -0.15) is 0 Å². The van der Waals surface area contributed by atoms with Crippen molar-refractivity contribution in [3.8, 4) is 50.6 Å². The standard InChI is InChI=1S/C58H33N3O2S/c1-4-16-34(17-5-1)43-32-37(52-57-53(41-23-11-14-26-47(41)62-57)60-58(59-52)36-20-8-3-9-21-36)33-44(35-18-6-2-7-19-35)54(43)61-45-25-13-10-22-40(45)50-46(61)30-28-38-39-29-31-49-51(56(39)63-55(38)50)42-24-12-15-27-48(42)64-49/h1-33H. The Kier molecular flexibility index (Phi) is 7.49. The molecule has 0 atom stereocenters. The number of para-hydroxylation sites is 2. The number of nitrogens with zero attached hydrogens (tertiary/aromatic N) is 3. The van der Waals surface area contributed by atoms with Gasteiger partial charge in [0.25, 0.3) is 0 Å². The van der Waals surface area contributed by atoms with Crippen molar-refractivity contribution in [2.45, 2.75) is 0 Å². The molecular weight excluding hydrogens is 803 g/mol. The maximum atomic E-state index is 7.19. The third-order valence-electron chi connectivity index (χ3n) is 12.8. The van der Waals surface area contributed by atoms with E-state index in [0.717, 1.165) is 105 Å². The third kappa shape index (κ3) is 5.11. The molecule has 0 amide bonds. The number of fused-ring (bicyclic) bond motifs is 14. The van der Waals surface area contributed by atoms with Gasteiger partial charge in [0.2, 0.25) is 0 Å². The first-order valence-electron chi connectivity index (χ1n) is 21.5. The molecule has 0 saturated heterocycles. The first kappa shape index (κ1) is 35.3. The average molecular weight is 836 g/mol. The van der Waals surface area contributed by atoms with E-state index in [-0.39, 0.29) is 0 Å². The molecule has 14 aromatic rings. The predicted octanol–water partition coefficient (Wildman–Crippen LogP) is 16.4.